The average Bonchev–Trinajstić information content (AvgIpc) is 2.80. The Morgan fingerprint density at radius 3 is 3.14 bits per heavy atom. The molecule has 0 aliphatic carbocycles. The normalized spacial score (nSPS) is 26.1. The van der Waals surface area contributed by atoms with Gasteiger partial charge in [-0.05, 0) is 19.2 Å². The summed E-state index contributed by atoms with van der Waals surface area (Å²) in [5.41, 5.74) is 1.35. The third kappa shape index (κ3) is 2.36. The molecule has 2 aromatic heterocycles. The zero-order valence-electron chi connectivity index (χ0n) is 12.6. The van der Waals surface area contributed by atoms with Crippen LogP contribution in [0.5, 0.6) is 0 Å². The number of aromatic nitrogens is 3. The molecule has 0 unspecified atom stereocenters. The summed E-state index contributed by atoms with van der Waals surface area (Å²) in [5.74, 6) is 0.430. The van der Waals surface area contributed by atoms with E-state index in [9.17, 15) is 4.79 Å². The van der Waals surface area contributed by atoms with Crippen molar-refractivity contribution in [2.75, 3.05) is 39.9 Å². The van der Waals surface area contributed by atoms with Gasteiger partial charge in [-0.15, -0.1) is 0 Å². The molecule has 0 radical (unpaired) electrons. The Balaban J connectivity index is 1.65. The summed E-state index contributed by atoms with van der Waals surface area (Å²) in [7, 11) is 2.11. The fraction of sp³-hybridized carbons (Fsp3) is 0.533. The van der Waals surface area contributed by atoms with Crippen LogP contribution in [0.15, 0.2) is 24.7 Å². The predicted octanol–water partition coefficient (Wildman–Crippen LogP) is 0.132. The maximum absolute atomic E-state index is 13.0. The Morgan fingerprint density at radius 1 is 1.32 bits per heavy atom. The van der Waals surface area contributed by atoms with Gasteiger partial charge in [0.1, 0.15) is 6.33 Å². The number of pyridine rings is 1. The zero-order chi connectivity index (χ0) is 15.1. The minimum Gasteiger partial charge on any atom is -0.379 e. The highest BCUT2D eigenvalue weighted by molar-refractivity contribution is 5.95. The third-order valence-corrected chi connectivity index (χ3v) is 4.44. The minimum atomic E-state index is 0.0568. The highest BCUT2D eigenvalue weighted by atomic mass is 16.5. The van der Waals surface area contributed by atoms with Gasteiger partial charge in [-0.3, -0.25) is 4.79 Å². The molecule has 1 amide bonds. The van der Waals surface area contributed by atoms with Gasteiger partial charge in [-0.1, -0.05) is 0 Å². The van der Waals surface area contributed by atoms with Crippen molar-refractivity contribution in [1.29, 1.82) is 0 Å². The van der Waals surface area contributed by atoms with Crippen LogP contribution in [-0.4, -0.2) is 76.2 Å². The van der Waals surface area contributed by atoms with Crippen LogP contribution in [0.25, 0.3) is 5.65 Å². The van der Waals surface area contributed by atoms with E-state index < -0.39 is 0 Å². The van der Waals surface area contributed by atoms with Gasteiger partial charge in [-0.2, -0.15) is 5.10 Å². The Labute approximate surface area is 128 Å². The van der Waals surface area contributed by atoms with Crippen LogP contribution in [0, 0.1) is 5.92 Å². The summed E-state index contributed by atoms with van der Waals surface area (Å²) in [5, 5.41) is 4.06. The monoisotopic (exact) mass is 301 g/mol. The van der Waals surface area contributed by atoms with Gasteiger partial charge in [0, 0.05) is 37.3 Å². The van der Waals surface area contributed by atoms with Gasteiger partial charge in [-0.25, -0.2) is 9.50 Å². The quantitative estimate of drug-likeness (QED) is 0.749. The minimum absolute atomic E-state index is 0.0568. The summed E-state index contributed by atoms with van der Waals surface area (Å²) in [6, 6.07) is 3.72. The maximum atomic E-state index is 13.0. The van der Waals surface area contributed by atoms with Crippen molar-refractivity contribution in [2.24, 2.45) is 5.92 Å². The average molecular weight is 301 g/mol. The molecular formula is C15H19N5O2. The molecular weight excluding hydrogens is 282 g/mol. The van der Waals surface area contributed by atoms with E-state index in [-0.39, 0.29) is 11.9 Å². The van der Waals surface area contributed by atoms with E-state index in [0.29, 0.717) is 23.7 Å². The summed E-state index contributed by atoms with van der Waals surface area (Å²) >= 11 is 0. The lowest BCUT2D eigenvalue weighted by molar-refractivity contribution is 0.0483. The molecule has 2 fully saturated rings. The fourth-order valence-corrected chi connectivity index (χ4v) is 3.44. The maximum Gasteiger partial charge on any atom is 0.254 e. The molecule has 4 heterocycles. The molecule has 2 atom stereocenters. The molecule has 4 rings (SSSR count). The van der Waals surface area contributed by atoms with Gasteiger partial charge in [0.25, 0.3) is 5.91 Å². The van der Waals surface area contributed by atoms with Crippen LogP contribution in [0.2, 0.25) is 0 Å². The number of hydrogen-bond acceptors (Lipinski definition) is 5. The second-order valence-electron chi connectivity index (χ2n) is 6.21. The molecule has 2 bridgehead atoms. The summed E-state index contributed by atoms with van der Waals surface area (Å²) in [6.45, 7) is 3.93. The van der Waals surface area contributed by atoms with E-state index in [1.54, 1.807) is 16.8 Å². The second kappa shape index (κ2) is 5.33. The number of nitrogens with zero attached hydrogens (tertiary/aromatic N) is 5. The van der Waals surface area contributed by atoms with Crippen LogP contribution in [-0.2, 0) is 4.74 Å². The first-order valence-corrected chi connectivity index (χ1v) is 7.57. The molecule has 0 N–H and O–H groups in total. The summed E-state index contributed by atoms with van der Waals surface area (Å²) in [4.78, 5) is 21.4. The smallest absolute Gasteiger partial charge is 0.254 e. The number of amides is 1. The van der Waals surface area contributed by atoms with Crippen molar-refractivity contribution in [2.45, 2.75) is 6.04 Å². The molecule has 7 nitrogen and oxygen atoms in total. The lowest BCUT2D eigenvalue weighted by Crippen LogP contribution is -2.46. The molecule has 2 aliphatic heterocycles. The molecule has 22 heavy (non-hydrogen) atoms. The van der Waals surface area contributed by atoms with Crippen molar-refractivity contribution in [3.05, 3.63) is 30.2 Å². The SMILES string of the molecule is CN1C[C@@H]2COC[C@H](C1)N(C(=O)c1ccn3ncnc3c1)C2. The summed E-state index contributed by atoms with van der Waals surface area (Å²) < 4.78 is 7.40. The largest absolute Gasteiger partial charge is 0.379 e. The van der Waals surface area contributed by atoms with Gasteiger partial charge in [0.05, 0.1) is 19.3 Å². The molecule has 116 valence electrons. The van der Waals surface area contributed by atoms with Crippen LogP contribution < -0.4 is 0 Å². The lowest BCUT2D eigenvalue weighted by atomic mass is 10.1. The van der Waals surface area contributed by atoms with Gasteiger partial charge < -0.3 is 14.5 Å². The number of ether oxygens (including phenoxy) is 1. The van der Waals surface area contributed by atoms with Crippen molar-refractivity contribution in [3.8, 4) is 0 Å². The molecule has 2 aromatic rings. The van der Waals surface area contributed by atoms with E-state index in [1.807, 2.05) is 11.0 Å². The molecule has 2 aliphatic rings. The number of rotatable bonds is 1. The molecule has 0 saturated carbocycles. The summed E-state index contributed by atoms with van der Waals surface area (Å²) in [6.07, 6.45) is 3.27. The Kier molecular flexibility index (Phi) is 3.31. The number of hydrogen-bond donors (Lipinski definition) is 0. The fourth-order valence-electron chi connectivity index (χ4n) is 3.44. The number of likely N-dealkylation sites (N-methyl/N-ethyl adjacent to an activating group) is 1. The zero-order valence-corrected chi connectivity index (χ0v) is 12.6. The van der Waals surface area contributed by atoms with Crippen LogP contribution in [0.3, 0.4) is 0 Å². The van der Waals surface area contributed by atoms with Gasteiger partial charge >= 0.3 is 0 Å². The van der Waals surface area contributed by atoms with Crippen molar-refractivity contribution < 1.29 is 9.53 Å². The standard InChI is InChI=1S/C15H19N5O2/c1-18-5-11-6-19(13(7-18)9-22-8-11)15(21)12-2-3-20-14(4-12)16-10-17-20/h2-4,10-11,13H,5-9H2,1H3/t11-,13-/m0/s1. The Morgan fingerprint density at radius 2 is 2.23 bits per heavy atom. The first kappa shape index (κ1) is 13.7. The molecule has 7 heteroatoms. The number of carbonyl (C=O) groups excluding carboxylic acids is 1. The first-order chi connectivity index (χ1) is 10.7. The van der Waals surface area contributed by atoms with E-state index in [1.165, 1.54) is 6.33 Å². The molecule has 2 saturated heterocycles. The Bertz CT molecular complexity index is 700. The van der Waals surface area contributed by atoms with Gasteiger partial charge in [0.15, 0.2) is 5.65 Å². The highest BCUT2D eigenvalue weighted by Crippen LogP contribution is 2.21. The van der Waals surface area contributed by atoms with Crippen LogP contribution in [0.1, 0.15) is 10.4 Å². The number of carbonyl (C=O) groups is 1. The highest BCUT2D eigenvalue weighted by Gasteiger charge is 2.35. The molecule has 0 aromatic carbocycles. The molecule has 0 spiro atoms. The third-order valence-electron chi connectivity index (χ3n) is 4.44. The van der Waals surface area contributed by atoms with Crippen molar-refractivity contribution >= 4 is 11.6 Å². The topological polar surface area (TPSA) is 63.0 Å². The van der Waals surface area contributed by atoms with Crippen molar-refractivity contribution in [1.82, 2.24) is 24.4 Å². The van der Waals surface area contributed by atoms with Gasteiger partial charge in [0.2, 0.25) is 0 Å². The lowest BCUT2D eigenvalue weighted by Gasteiger charge is -2.29. The van der Waals surface area contributed by atoms with Crippen LogP contribution >= 0.6 is 0 Å². The second-order valence-corrected chi connectivity index (χ2v) is 6.21. The number of fused-ring (bicyclic) bond motifs is 4. The van der Waals surface area contributed by atoms with Crippen LogP contribution in [0.4, 0.5) is 0 Å². The Hall–Kier alpha value is -1.99. The van der Waals surface area contributed by atoms with E-state index in [4.69, 9.17) is 4.74 Å². The van der Waals surface area contributed by atoms with E-state index in [2.05, 4.69) is 22.0 Å². The van der Waals surface area contributed by atoms with Crippen molar-refractivity contribution in [3.63, 3.8) is 0 Å². The first-order valence-electron chi connectivity index (χ1n) is 7.57. The van der Waals surface area contributed by atoms with E-state index >= 15 is 0 Å². The predicted molar refractivity (Wildman–Crippen MR) is 79.6 cm³/mol. The van der Waals surface area contributed by atoms with E-state index in [0.717, 1.165) is 26.2 Å².